The Hall–Kier alpha value is -2.57. The van der Waals surface area contributed by atoms with Gasteiger partial charge in [-0.15, -0.1) is 11.3 Å². The molecule has 2 aromatic heterocycles. The number of rotatable bonds is 7. The Morgan fingerprint density at radius 1 is 1.19 bits per heavy atom. The number of hydrogen-bond donors (Lipinski definition) is 1. The van der Waals surface area contributed by atoms with Crippen LogP contribution in [0.25, 0.3) is 0 Å². The van der Waals surface area contributed by atoms with Crippen molar-refractivity contribution in [1.82, 2.24) is 14.9 Å². The van der Waals surface area contributed by atoms with E-state index in [0.717, 1.165) is 21.8 Å². The van der Waals surface area contributed by atoms with Crippen LogP contribution in [0.1, 0.15) is 27.9 Å². The summed E-state index contributed by atoms with van der Waals surface area (Å²) in [6.45, 7) is 2.58. The molecule has 6 heteroatoms. The fourth-order valence-electron chi connectivity index (χ4n) is 2.71. The van der Waals surface area contributed by atoms with Crippen LogP contribution < -0.4 is 0 Å². The van der Waals surface area contributed by atoms with E-state index in [1.807, 2.05) is 54.8 Å². The fraction of sp³-hybridized carbons (Fsp3) is 0.250. The Morgan fingerprint density at radius 3 is 2.58 bits per heavy atom. The number of nitrogens with zero attached hydrogens (tertiary/aromatic N) is 3. The van der Waals surface area contributed by atoms with Gasteiger partial charge in [-0.1, -0.05) is 30.3 Å². The predicted molar refractivity (Wildman–Crippen MR) is 102 cm³/mol. The van der Waals surface area contributed by atoms with Crippen molar-refractivity contribution in [2.24, 2.45) is 0 Å². The van der Waals surface area contributed by atoms with Crippen LogP contribution in [0.15, 0.2) is 60.2 Å². The number of thiazole rings is 1. The summed E-state index contributed by atoms with van der Waals surface area (Å²) in [4.78, 5) is 22.9. The summed E-state index contributed by atoms with van der Waals surface area (Å²) >= 11 is 1.53. The van der Waals surface area contributed by atoms with Gasteiger partial charge in [-0.2, -0.15) is 0 Å². The summed E-state index contributed by atoms with van der Waals surface area (Å²) in [6.07, 6.45) is 2.90. The van der Waals surface area contributed by atoms with Gasteiger partial charge in [0, 0.05) is 24.3 Å². The molecular weight excluding hydrogens is 346 g/mol. The van der Waals surface area contributed by atoms with E-state index >= 15 is 0 Å². The van der Waals surface area contributed by atoms with Crippen molar-refractivity contribution in [3.63, 3.8) is 0 Å². The van der Waals surface area contributed by atoms with E-state index in [1.165, 1.54) is 11.3 Å². The standard InChI is InChI=1S/C20H21N3O2S/c1-15-22-18(14-26-15)11-20(25)23(12-16-7-9-21-10-8-16)13-19(24)17-5-3-2-4-6-17/h2-10,14,19,24H,11-13H2,1H3. The number of amides is 1. The van der Waals surface area contributed by atoms with E-state index in [9.17, 15) is 9.90 Å². The quantitative estimate of drug-likeness (QED) is 0.697. The van der Waals surface area contributed by atoms with Crippen LogP contribution in [0.5, 0.6) is 0 Å². The number of pyridine rings is 1. The lowest BCUT2D eigenvalue weighted by molar-refractivity contribution is -0.132. The molecule has 5 nitrogen and oxygen atoms in total. The molecule has 134 valence electrons. The number of aryl methyl sites for hydroxylation is 1. The van der Waals surface area contributed by atoms with Gasteiger partial charge >= 0.3 is 0 Å². The van der Waals surface area contributed by atoms with Crippen LogP contribution in [0.4, 0.5) is 0 Å². The average Bonchev–Trinajstić information content (AvgIpc) is 3.07. The highest BCUT2D eigenvalue weighted by molar-refractivity contribution is 7.09. The molecule has 1 atom stereocenters. The molecule has 0 aliphatic rings. The van der Waals surface area contributed by atoms with Crippen LogP contribution in [0.2, 0.25) is 0 Å². The largest absolute Gasteiger partial charge is 0.387 e. The number of hydrogen-bond acceptors (Lipinski definition) is 5. The first-order valence-corrected chi connectivity index (χ1v) is 9.30. The molecule has 1 amide bonds. The maximum absolute atomic E-state index is 12.9. The number of aliphatic hydroxyl groups is 1. The maximum atomic E-state index is 12.9. The van der Waals surface area contributed by atoms with E-state index in [1.54, 1.807) is 17.3 Å². The Balaban J connectivity index is 1.75. The first kappa shape index (κ1) is 18.2. The second-order valence-electron chi connectivity index (χ2n) is 6.09. The third-order valence-corrected chi connectivity index (χ3v) is 4.87. The molecule has 0 spiro atoms. The third kappa shape index (κ3) is 4.97. The van der Waals surface area contributed by atoms with Gasteiger partial charge in [-0.3, -0.25) is 9.78 Å². The molecule has 1 unspecified atom stereocenters. The van der Waals surface area contributed by atoms with Crippen LogP contribution in [0.3, 0.4) is 0 Å². The molecule has 26 heavy (non-hydrogen) atoms. The molecule has 3 rings (SSSR count). The molecule has 0 saturated carbocycles. The smallest absolute Gasteiger partial charge is 0.229 e. The lowest BCUT2D eigenvalue weighted by Crippen LogP contribution is -2.35. The van der Waals surface area contributed by atoms with Crippen LogP contribution in [-0.2, 0) is 17.8 Å². The molecular formula is C20H21N3O2S. The van der Waals surface area contributed by atoms with Gasteiger partial charge in [0.15, 0.2) is 0 Å². The first-order chi connectivity index (χ1) is 12.6. The highest BCUT2D eigenvalue weighted by atomic mass is 32.1. The Bertz CT molecular complexity index is 837. The highest BCUT2D eigenvalue weighted by Crippen LogP contribution is 2.17. The van der Waals surface area contributed by atoms with Gasteiger partial charge in [-0.05, 0) is 30.2 Å². The van der Waals surface area contributed by atoms with E-state index in [-0.39, 0.29) is 18.9 Å². The zero-order chi connectivity index (χ0) is 18.4. The van der Waals surface area contributed by atoms with Crippen molar-refractivity contribution in [2.75, 3.05) is 6.54 Å². The summed E-state index contributed by atoms with van der Waals surface area (Å²) in [7, 11) is 0. The minimum Gasteiger partial charge on any atom is -0.387 e. The summed E-state index contributed by atoms with van der Waals surface area (Å²) < 4.78 is 0. The topological polar surface area (TPSA) is 66.3 Å². The zero-order valence-electron chi connectivity index (χ0n) is 14.6. The van der Waals surface area contributed by atoms with Gasteiger partial charge in [0.1, 0.15) is 0 Å². The van der Waals surface area contributed by atoms with Crippen molar-refractivity contribution in [1.29, 1.82) is 0 Å². The molecule has 1 aromatic carbocycles. The molecule has 0 fully saturated rings. The molecule has 0 aliphatic heterocycles. The second-order valence-corrected chi connectivity index (χ2v) is 7.15. The molecule has 0 radical (unpaired) electrons. The van der Waals surface area contributed by atoms with Gasteiger partial charge in [-0.25, -0.2) is 4.98 Å². The van der Waals surface area contributed by atoms with Gasteiger partial charge in [0.05, 0.1) is 29.8 Å². The molecule has 1 N–H and O–H groups in total. The van der Waals surface area contributed by atoms with Crippen molar-refractivity contribution >= 4 is 17.2 Å². The molecule has 0 bridgehead atoms. The monoisotopic (exact) mass is 367 g/mol. The minimum atomic E-state index is -0.737. The SMILES string of the molecule is Cc1nc(CC(=O)N(Cc2ccncc2)CC(O)c2ccccc2)cs1. The van der Waals surface area contributed by atoms with Gasteiger partial charge < -0.3 is 10.0 Å². The number of aromatic nitrogens is 2. The Labute approximate surface area is 157 Å². The van der Waals surface area contributed by atoms with Crippen LogP contribution in [-0.4, -0.2) is 32.4 Å². The summed E-state index contributed by atoms with van der Waals surface area (Å²) in [5, 5.41) is 13.4. The van der Waals surface area contributed by atoms with Crippen LogP contribution >= 0.6 is 11.3 Å². The average molecular weight is 367 g/mol. The van der Waals surface area contributed by atoms with Crippen molar-refractivity contribution in [3.05, 3.63) is 82.1 Å². The van der Waals surface area contributed by atoms with Crippen LogP contribution in [0, 0.1) is 6.92 Å². The van der Waals surface area contributed by atoms with Crippen molar-refractivity contribution in [3.8, 4) is 0 Å². The molecule has 2 heterocycles. The second kappa shape index (κ2) is 8.69. The minimum absolute atomic E-state index is 0.0536. The predicted octanol–water partition coefficient (Wildman–Crippen LogP) is 3.15. The summed E-state index contributed by atoms with van der Waals surface area (Å²) in [5.41, 5.74) is 2.54. The fourth-order valence-corrected chi connectivity index (χ4v) is 3.32. The third-order valence-electron chi connectivity index (χ3n) is 4.05. The highest BCUT2D eigenvalue weighted by Gasteiger charge is 2.20. The zero-order valence-corrected chi connectivity index (χ0v) is 15.4. The molecule has 0 aliphatic carbocycles. The van der Waals surface area contributed by atoms with Crippen molar-refractivity contribution < 1.29 is 9.90 Å². The first-order valence-electron chi connectivity index (χ1n) is 8.42. The number of benzene rings is 1. The normalized spacial score (nSPS) is 11.9. The molecule has 3 aromatic rings. The van der Waals surface area contributed by atoms with E-state index in [2.05, 4.69) is 9.97 Å². The number of carbonyl (C=O) groups is 1. The van der Waals surface area contributed by atoms with Crippen molar-refractivity contribution in [2.45, 2.75) is 26.0 Å². The lowest BCUT2D eigenvalue weighted by atomic mass is 10.1. The number of carbonyl (C=O) groups excluding carboxylic acids is 1. The summed E-state index contributed by atoms with van der Waals surface area (Å²) in [5.74, 6) is -0.0536. The van der Waals surface area contributed by atoms with Gasteiger partial charge in [0.25, 0.3) is 0 Å². The van der Waals surface area contributed by atoms with Gasteiger partial charge in [0.2, 0.25) is 5.91 Å². The molecule has 0 saturated heterocycles. The maximum Gasteiger partial charge on any atom is 0.229 e. The lowest BCUT2D eigenvalue weighted by Gasteiger charge is -2.25. The Kier molecular flexibility index (Phi) is 6.09. The van der Waals surface area contributed by atoms with E-state index < -0.39 is 6.10 Å². The Morgan fingerprint density at radius 2 is 1.92 bits per heavy atom. The van der Waals surface area contributed by atoms with E-state index in [4.69, 9.17) is 0 Å². The number of aliphatic hydroxyl groups excluding tert-OH is 1. The summed E-state index contributed by atoms with van der Waals surface area (Å²) in [6, 6.07) is 13.1. The van der Waals surface area contributed by atoms with E-state index in [0.29, 0.717) is 6.54 Å².